The first-order valence-corrected chi connectivity index (χ1v) is 4.35. The predicted molar refractivity (Wildman–Crippen MR) is 51.1 cm³/mol. The molecule has 1 aromatic carbocycles. The fraction of sp³-hybridized carbons (Fsp3) is 0.200. The molecule has 0 saturated heterocycles. The van der Waals surface area contributed by atoms with Crippen LogP contribution >= 0.6 is 0 Å². The highest BCUT2D eigenvalue weighted by atomic mass is 15.4. The van der Waals surface area contributed by atoms with Gasteiger partial charge in [0.05, 0.1) is 11.9 Å². The molecule has 2 aromatic rings. The van der Waals surface area contributed by atoms with Crippen molar-refractivity contribution in [2.24, 2.45) is 0 Å². The molecule has 0 saturated carbocycles. The number of aryl methyl sites for hydroxylation is 1. The molecule has 3 nitrogen and oxygen atoms in total. The zero-order chi connectivity index (χ0) is 9.10. The van der Waals surface area contributed by atoms with Crippen molar-refractivity contribution in [2.75, 3.05) is 0 Å². The fourth-order valence-electron chi connectivity index (χ4n) is 1.32. The van der Waals surface area contributed by atoms with Crippen molar-refractivity contribution in [3.8, 4) is 11.3 Å². The van der Waals surface area contributed by atoms with E-state index in [0.29, 0.717) is 0 Å². The second-order valence-electron chi connectivity index (χ2n) is 2.80. The Labute approximate surface area is 77.0 Å². The third-order valence-electron chi connectivity index (χ3n) is 1.99. The van der Waals surface area contributed by atoms with E-state index in [2.05, 4.69) is 29.4 Å². The third-order valence-corrected chi connectivity index (χ3v) is 1.99. The Balaban J connectivity index is 2.47. The molecule has 3 heteroatoms. The monoisotopic (exact) mass is 173 g/mol. The summed E-state index contributed by atoms with van der Waals surface area (Å²) < 4.78 is 1.88. The first kappa shape index (κ1) is 7.98. The molecule has 13 heavy (non-hydrogen) atoms. The fourth-order valence-corrected chi connectivity index (χ4v) is 1.32. The van der Waals surface area contributed by atoms with Gasteiger partial charge in [-0.15, -0.1) is 5.10 Å². The van der Waals surface area contributed by atoms with Crippen molar-refractivity contribution < 1.29 is 0 Å². The minimum atomic E-state index is 0.851. The van der Waals surface area contributed by atoms with E-state index >= 15 is 0 Å². The molecular formula is C10H11N3. The van der Waals surface area contributed by atoms with Gasteiger partial charge in [-0.05, 0) is 6.92 Å². The van der Waals surface area contributed by atoms with Crippen LogP contribution < -0.4 is 0 Å². The van der Waals surface area contributed by atoms with Gasteiger partial charge in [0.25, 0.3) is 0 Å². The van der Waals surface area contributed by atoms with E-state index in [9.17, 15) is 0 Å². The normalized spacial score (nSPS) is 10.2. The minimum Gasteiger partial charge on any atom is -0.245 e. The van der Waals surface area contributed by atoms with Crippen LogP contribution in [0.1, 0.15) is 6.92 Å². The molecule has 2 rings (SSSR count). The van der Waals surface area contributed by atoms with Crippen LogP contribution in [0.5, 0.6) is 0 Å². The van der Waals surface area contributed by atoms with Gasteiger partial charge in [0.1, 0.15) is 0 Å². The van der Waals surface area contributed by atoms with Crippen molar-refractivity contribution >= 4 is 0 Å². The molecule has 0 N–H and O–H groups in total. The van der Waals surface area contributed by atoms with Gasteiger partial charge in [-0.1, -0.05) is 35.5 Å². The van der Waals surface area contributed by atoms with Gasteiger partial charge in [-0.3, -0.25) is 0 Å². The first-order valence-electron chi connectivity index (χ1n) is 4.35. The van der Waals surface area contributed by atoms with Gasteiger partial charge >= 0.3 is 0 Å². The van der Waals surface area contributed by atoms with Crippen LogP contribution in [0.25, 0.3) is 11.3 Å². The van der Waals surface area contributed by atoms with Crippen LogP contribution in [0.3, 0.4) is 0 Å². The topological polar surface area (TPSA) is 30.7 Å². The van der Waals surface area contributed by atoms with E-state index < -0.39 is 0 Å². The van der Waals surface area contributed by atoms with Crippen LogP contribution in [-0.2, 0) is 6.54 Å². The summed E-state index contributed by atoms with van der Waals surface area (Å²) in [6.07, 6.45) is 1.79. The van der Waals surface area contributed by atoms with E-state index in [1.54, 1.807) is 6.20 Å². The third kappa shape index (κ3) is 1.45. The standard InChI is InChI=1S/C10H11N3/c1-2-13-10(8-11-12-13)9-6-4-3-5-7-9/h3-8H,2H2,1H3. The Hall–Kier alpha value is -1.64. The average molecular weight is 173 g/mol. The van der Waals surface area contributed by atoms with Crippen molar-refractivity contribution in [3.05, 3.63) is 36.5 Å². The molecule has 0 amide bonds. The molecule has 1 aromatic heterocycles. The average Bonchev–Trinajstić information content (AvgIpc) is 2.67. The molecule has 66 valence electrons. The lowest BCUT2D eigenvalue weighted by atomic mass is 10.2. The van der Waals surface area contributed by atoms with Crippen LogP contribution in [0.4, 0.5) is 0 Å². The summed E-state index contributed by atoms with van der Waals surface area (Å²) in [6.45, 7) is 2.91. The Morgan fingerprint density at radius 3 is 2.69 bits per heavy atom. The SMILES string of the molecule is CCn1nncc1-c1ccccc1. The van der Waals surface area contributed by atoms with Gasteiger partial charge in [0, 0.05) is 12.1 Å². The maximum atomic E-state index is 3.98. The lowest BCUT2D eigenvalue weighted by Crippen LogP contribution is -1.98. The highest BCUT2D eigenvalue weighted by Crippen LogP contribution is 2.16. The van der Waals surface area contributed by atoms with Gasteiger partial charge in [-0.2, -0.15) is 0 Å². The summed E-state index contributed by atoms with van der Waals surface area (Å²) >= 11 is 0. The predicted octanol–water partition coefficient (Wildman–Crippen LogP) is 1.97. The molecule has 0 aliphatic carbocycles. The molecule has 0 aliphatic rings. The number of hydrogen-bond donors (Lipinski definition) is 0. The first-order chi connectivity index (χ1) is 6.42. The van der Waals surface area contributed by atoms with Crippen molar-refractivity contribution in [3.63, 3.8) is 0 Å². The maximum absolute atomic E-state index is 3.98. The minimum absolute atomic E-state index is 0.851. The molecular weight excluding hydrogens is 162 g/mol. The summed E-state index contributed by atoms with van der Waals surface area (Å²) in [5.41, 5.74) is 2.23. The summed E-state index contributed by atoms with van der Waals surface area (Å²) in [5, 5.41) is 7.86. The van der Waals surface area contributed by atoms with Crippen LogP contribution in [0.15, 0.2) is 36.5 Å². The van der Waals surface area contributed by atoms with Crippen LogP contribution in [-0.4, -0.2) is 15.0 Å². The lowest BCUT2D eigenvalue weighted by molar-refractivity contribution is 0.632. The molecule has 0 unspecified atom stereocenters. The van der Waals surface area contributed by atoms with E-state index in [1.807, 2.05) is 22.9 Å². The van der Waals surface area contributed by atoms with Crippen molar-refractivity contribution in [1.82, 2.24) is 15.0 Å². The van der Waals surface area contributed by atoms with Gasteiger partial charge < -0.3 is 0 Å². The molecule has 0 bridgehead atoms. The molecule has 0 spiro atoms. The number of aromatic nitrogens is 3. The highest BCUT2D eigenvalue weighted by molar-refractivity contribution is 5.57. The van der Waals surface area contributed by atoms with Crippen molar-refractivity contribution in [2.45, 2.75) is 13.5 Å². The van der Waals surface area contributed by atoms with Gasteiger partial charge in [0.15, 0.2) is 0 Å². The van der Waals surface area contributed by atoms with Gasteiger partial charge in [-0.25, -0.2) is 4.68 Å². The summed E-state index contributed by atoms with van der Waals surface area (Å²) in [4.78, 5) is 0. The summed E-state index contributed by atoms with van der Waals surface area (Å²) in [6, 6.07) is 10.2. The number of benzene rings is 1. The Morgan fingerprint density at radius 2 is 2.00 bits per heavy atom. The van der Waals surface area contributed by atoms with Crippen molar-refractivity contribution in [1.29, 1.82) is 0 Å². The summed E-state index contributed by atoms with van der Waals surface area (Å²) in [7, 11) is 0. The van der Waals surface area contributed by atoms with E-state index in [0.717, 1.165) is 17.8 Å². The quantitative estimate of drug-likeness (QED) is 0.695. The number of nitrogens with zero attached hydrogens (tertiary/aromatic N) is 3. The lowest BCUT2D eigenvalue weighted by Gasteiger charge is -2.01. The Bertz CT molecular complexity index is 378. The Kier molecular flexibility index (Phi) is 2.08. The molecule has 0 radical (unpaired) electrons. The molecule has 0 atom stereocenters. The number of rotatable bonds is 2. The molecule has 1 heterocycles. The highest BCUT2D eigenvalue weighted by Gasteiger charge is 2.02. The zero-order valence-corrected chi connectivity index (χ0v) is 7.51. The maximum Gasteiger partial charge on any atom is 0.0885 e. The van der Waals surface area contributed by atoms with E-state index in [-0.39, 0.29) is 0 Å². The largest absolute Gasteiger partial charge is 0.245 e. The smallest absolute Gasteiger partial charge is 0.0885 e. The molecule has 0 aliphatic heterocycles. The van der Waals surface area contributed by atoms with E-state index in [4.69, 9.17) is 0 Å². The number of hydrogen-bond acceptors (Lipinski definition) is 2. The van der Waals surface area contributed by atoms with Gasteiger partial charge in [0.2, 0.25) is 0 Å². The van der Waals surface area contributed by atoms with Crippen LogP contribution in [0, 0.1) is 0 Å². The second-order valence-corrected chi connectivity index (χ2v) is 2.80. The Morgan fingerprint density at radius 1 is 1.23 bits per heavy atom. The van der Waals surface area contributed by atoms with E-state index in [1.165, 1.54) is 0 Å². The summed E-state index contributed by atoms with van der Waals surface area (Å²) in [5.74, 6) is 0. The second kappa shape index (κ2) is 3.39. The van der Waals surface area contributed by atoms with Crippen LogP contribution in [0.2, 0.25) is 0 Å². The zero-order valence-electron chi connectivity index (χ0n) is 7.51. The molecule has 0 fully saturated rings.